The lowest BCUT2D eigenvalue weighted by Gasteiger charge is -2.45. The van der Waals surface area contributed by atoms with Crippen molar-refractivity contribution in [3.8, 4) is 10.9 Å². The van der Waals surface area contributed by atoms with E-state index in [0.717, 1.165) is 40.6 Å². The number of aromatic nitrogens is 1. The molecule has 0 spiro atoms. The van der Waals surface area contributed by atoms with Crippen LogP contribution in [0.5, 0.6) is 10.9 Å². The van der Waals surface area contributed by atoms with Crippen LogP contribution in [-0.4, -0.2) is 15.9 Å². The highest BCUT2D eigenvalue weighted by molar-refractivity contribution is 7.20. The van der Waals surface area contributed by atoms with Crippen LogP contribution < -0.4 is 4.74 Å². The molecule has 0 aliphatic heterocycles. The number of aryl methyl sites for hydroxylation is 1. The number of benzene rings is 2. The van der Waals surface area contributed by atoms with Gasteiger partial charge in [0.05, 0.1) is 15.8 Å². The molecule has 2 aliphatic rings. The van der Waals surface area contributed by atoms with Crippen LogP contribution in [0.2, 0.25) is 5.02 Å². The van der Waals surface area contributed by atoms with E-state index in [1.165, 1.54) is 11.3 Å². The Labute approximate surface area is 196 Å². The third-order valence-corrected chi connectivity index (χ3v) is 8.95. The molecule has 5 rings (SSSR count). The second-order valence-electron chi connectivity index (χ2n) is 9.60. The molecule has 32 heavy (non-hydrogen) atoms. The predicted molar refractivity (Wildman–Crippen MR) is 130 cm³/mol. The normalized spacial score (nSPS) is 24.4. The maximum atomic E-state index is 13.6. The maximum absolute atomic E-state index is 13.6. The van der Waals surface area contributed by atoms with Gasteiger partial charge in [-0.1, -0.05) is 56.7 Å². The quantitative estimate of drug-likeness (QED) is 0.429. The topological polar surface area (TPSA) is 59.4 Å². The fourth-order valence-electron chi connectivity index (χ4n) is 5.39. The standard InChI is InChI=1S/C26H26ClNO3S/c1-5-14-6-8-16(31-24-28-19-9-7-15(27)12-20(19)32-24)13-17(14)21-22(29)18-10-11-26(4,23(21)30)25(18,2)3/h6-9,12-13,18,30H,5,10-11H2,1-4H3/t18-,26+/m0/s1. The van der Waals surface area contributed by atoms with Crippen LogP contribution in [0.15, 0.2) is 42.2 Å². The fraction of sp³-hybridized carbons (Fsp3) is 0.385. The van der Waals surface area contributed by atoms with Gasteiger partial charge in [0, 0.05) is 16.4 Å². The smallest absolute Gasteiger partial charge is 0.279 e. The second-order valence-corrected chi connectivity index (χ2v) is 11.0. The number of Topliss-reactive ketones (excluding diaryl/α,β-unsaturated/α-hetero) is 1. The Morgan fingerprint density at radius 1 is 1.22 bits per heavy atom. The van der Waals surface area contributed by atoms with Gasteiger partial charge in [0.2, 0.25) is 0 Å². The predicted octanol–water partition coefficient (Wildman–Crippen LogP) is 7.60. The second kappa shape index (κ2) is 7.32. The van der Waals surface area contributed by atoms with E-state index < -0.39 is 5.41 Å². The zero-order valence-corrected chi connectivity index (χ0v) is 20.2. The Morgan fingerprint density at radius 3 is 2.75 bits per heavy atom. The lowest BCUT2D eigenvalue weighted by Crippen LogP contribution is -2.43. The zero-order chi connectivity index (χ0) is 22.8. The van der Waals surface area contributed by atoms with Crippen LogP contribution in [0.1, 0.15) is 51.7 Å². The number of hydrogen-bond donors (Lipinski definition) is 1. The average Bonchev–Trinajstić information content (AvgIpc) is 3.21. The molecule has 3 aromatic rings. The molecule has 0 saturated heterocycles. The number of halogens is 1. The van der Waals surface area contributed by atoms with Crippen molar-refractivity contribution >= 4 is 44.5 Å². The summed E-state index contributed by atoms with van der Waals surface area (Å²) in [7, 11) is 0. The summed E-state index contributed by atoms with van der Waals surface area (Å²) in [5, 5.41) is 12.6. The van der Waals surface area contributed by atoms with E-state index in [1.54, 1.807) is 0 Å². The third kappa shape index (κ3) is 3.01. The van der Waals surface area contributed by atoms with Gasteiger partial charge < -0.3 is 9.84 Å². The fourth-order valence-corrected chi connectivity index (χ4v) is 6.50. The minimum absolute atomic E-state index is 0.0453. The van der Waals surface area contributed by atoms with E-state index in [4.69, 9.17) is 16.3 Å². The highest BCUT2D eigenvalue weighted by Gasteiger charge is 2.61. The molecular weight excluding hydrogens is 442 g/mol. The van der Waals surface area contributed by atoms with E-state index in [1.807, 2.05) is 36.4 Å². The Morgan fingerprint density at radius 2 is 2.00 bits per heavy atom. The van der Waals surface area contributed by atoms with Crippen LogP contribution >= 0.6 is 22.9 Å². The Balaban J connectivity index is 1.59. The number of carbonyl (C=O) groups is 1. The molecule has 0 radical (unpaired) electrons. The number of thiazole rings is 1. The molecular formula is C26H26ClNO3S. The number of ketones is 1. The van der Waals surface area contributed by atoms with E-state index in [-0.39, 0.29) is 22.9 Å². The highest BCUT2D eigenvalue weighted by atomic mass is 35.5. The van der Waals surface area contributed by atoms with Crippen molar-refractivity contribution < 1.29 is 14.6 Å². The Kier molecular flexibility index (Phi) is 4.91. The van der Waals surface area contributed by atoms with Gasteiger partial charge in [-0.15, -0.1) is 0 Å². The molecule has 1 N–H and O–H groups in total. The zero-order valence-electron chi connectivity index (χ0n) is 18.7. The monoisotopic (exact) mass is 467 g/mol. The summed E-state index contributed by atoms with van der Waals surface area (Å²) in [5.41, 5.74) is 2.41. The summed E-state index contributed by atoms with van der Waals surface area (Å²) < 4.78 is 7.04. The van der Waals surface area contributed by atoms with Gasteiger partial charge in [-0.2, -0.15) is 0 Å². The lowest BCUT2D eigenvalue weighted by molar-refractivity contribution is -0.122. The first-order chi connectivity index (χ1) is 15.2. The summed E-state index contributed by atoms with van der Waals surface area (Å²) in [6.07, 6.45) is 2.38. The number of ether oxygens (including phenoxy) is 1. The number of allylic oxidation sites excluding steroid dienone is 2. The SMILES string of the molecule is CCc1ccc(Oc2nc3ccc(Cl)cc3s2)cc1C1=C(O)[C@@]2(C)CC[C@@H](C1=O)C2(C)C. The molecule has 1 saturated carbocycles. The first-order valence-corrected chi connectivity index (χ1v) is 12.2. The van der Waals surface area contributed by atoms with Gasteiger partial charge in [0.25, 0.3) is 5.19 Å². The first kappa shape index (κ1) is 21.5. The van der Waals surface area contributed by atoms with Crippen LogP contribution in [0, 0.1) is 16.7 Å². The van der Waals surface area contributed by atoms with Crippen molar-refractivity contribution in [3.63, 3.8) is 0 Å². The molecule has 166 valence electrons. The number of aliphatic hydroxyl groups excluding tert-OH is 1. The van der Waals surface area contributed by atoms with E-state index in [2.05, 4.69) is 32.7 Å². The highest BCUT2D eigenvalue weighted by Crippen LogP contribution is 2.64. The molecule has 6 heteroatoms. The molecule has 2 aromatic carbocycles. The van der Waals surface area contributed by atoms with Gasteiger partial charge in [-0.05, 0) is 66.1 Å². The van der Waals surface area contributed by atoms with Crippen molar-refractivity contribution in [1.29, 1.82) is 0 Å². The molecule has 1 aromatic heterocycles. The summed E-state index contributed by atoms with van der Waals surface area (Å²) >= 11 is 7.52. The van der Waals surface area contributed by atoms with Gasteiger partial charge in [0.1, 0.15) is 11.5 Å². The van der Waals surface area contributed by atoms with Crippen LogP contribution in [0.3, 0.4) is 0 Å². The number of nitrogens with zero attached hydrogens (tertiary/aromatic N) is 1. The largest absolute Gasteiger partial charge is 0.511 e. The molecule has 0 unspecified atom stereocenters. The van der Waals surface area contributed by atoms with Crippen LogP contribution in [0.25, 0.3) is 15.8 Å². The van der Waals surface area contributed by atoms with E-state index >= 15 is 0 Å². The molecule has 2 aliphatic carbocycles. The minimum atomic E-state index is -0.408. The van der Waals surface area contributed by atoms with Crippen molar-refractivity contribution in [2.24, 2.45) is 16.7 Å². The molecule has 2 atom stereocenters. The molecule has 1 heterocycles. The van der Waals surface area contributed by atoms with Crippen molar-refractivity contribution in [3.05, 3.63) is 58.3 Å². The van der Waals surface area contributed by atoms with E-state index in [9.17, 15) is 9.90 Å². The number of aliphatic hydroxyl groups is 1. The summed E-state index contributed by atoms with van der Waals surface area (Å²) in [6.45, 7) is 8.36. The molecule has 0 amide bonds. The van der Waals surface area contributed by atoms with Gasteiger partial charge in [-0.3, -0.25) is 4.79 Å². The Bertz CT molecular complexity index is 1290. The Hall–Kier alpha value is -2.37. The van der Waals surface area contributed by atoms with Crippen LogP contribution in [0.4, 0.5) is 0 Å². The van der Waals surface area contributed by atoms with Crippen molar-refractivity contribution in [2.45, 2.75) is 47.0 Å². The summed E-state index contributed by atoms with van der Waals surface area (Å²) in [6, 6.07) is 11.3. The number of hydrogen-bond acceptors (Lipinski definition) is 5. The van der Waals surface area contributed by atoms with Crippen molar-refractivity contribution in [2.75, 3.05) is 0 Å². The number of carbonyl (C=O) groups excluding carboxylic acids is 1. The van der Waals surface area contributed by atoms with Gasteiger partial charge in [0.15, 0.2) is 5.78 Å². The lowest BCUT2D eigenvalue weighted by atomic mass is 9.58. The molecule has 2 bridgehead atoms. The summed E-state index contributed by atoms with van der Waals surface area (Å²) in [5.74, 6) is 0.783. The number of fused-ring (bicyclic) bond motifs is 3. The average molecular weight is 468 g/mol. The van der Waals surface area contributed by atoms with E-state index in [0.29, 0.717) is 21.5 Å². The minimum Gasteiger partial charge on any atom is -0.511 e. The van der Waals surface area contributed by atoms with Gasteiger partial charge >= 0.3 is 0 Å². The first-order valence-electron chi connectivity index (χ1n) is 11.0. The maximum Gasteiger partial charge on any atom is 0.279 e. The number of rotatable bonds is 4. The molecule has 4 nitrogen and oxygen atoms in total. The van der Waals surface area contributed by atoms with Gasteiger partial charge in [-0.25, -0.2) is 4.98 Å². The summed E-state index contributed by atoms with van der Waals surface area (Å²) in [4.78, 5) is 18.1. The third-order valence-electron chi connectivity index (χ3n) is 7.82. The molecule has 1 fully saturated rings. The van der Waals surface area contributed by atoms with Crippen molar-refractivity contribution in [1.82, 2.24) is 4.98 Å². The van der Waals surface area contributed by atoms with Crippen LogP contribution in [-0.2, 0) is 11.2 Å².